The van der Waals surface area contributed by atoms with Gasteiger partial charge >= 0.3 is 6.03 Å². The highest BCUT2D eigenvalue weighted by atomic mass is 79.9. The van der Waals surface area contributed by atoms with Gasteiger partial charge in [-0.15, -0.1) is 0 Å². The predicted molar refractivity (Wildman–Crippen MR) is 81.7 cm³/mol. The van der Waals surface area contributed by atoms with Gasteiger partial charge in [0.2, 0.25) is 0 Å². The monoisotopic (exact) mass is 325 g/mol. The molecule has 4 nitrogen and oxygen atoms in total. The van der Waals surface area contributed by atoms with Crippen molar-refractivity contribution in [1.82, 2.24) is 10.2 Å². The summed E-state index contributed by atoms with van der Waals surface area (Å²) in [6, 6.07) is 6.42. The average Bonchev–Trinajstić information content (AvgIpc) is 2.67. The zero-order chi connectivity index (χ0) is 14.0. The van der Waals surface area contributed by atoms with Gasteiger partial charge in [-0.25, -0.2) is 4.79 Å². The van der Waals surface area contributed by atoms with Gasteiger partial charge in [-0.2, -0.15) is 0 Å². The van der Waals surface area contributed by atoms with Crippen LogP contribution in [0.25, 0.3) is 0 Å². The van der Waals surface area contributed by atoms with Gasteiger partial charge in [-0.05, 0) is 44.6 Å². The summed E-state index contributed by atoms with van der Waals surface area (Å²) in [5.41, 5.74) is 2.14. The maximum atomic E-state index is 12.3. The molecule has 0 aliphatic carbocycles. The highest BCUT2D eigenvalue weighted by Gasteiger charge is 2.34. The molecule has 1 N–H and O–H groups in total. The van der Waals surface area contributed by atoms with Crippen LogP contribution < -0.4 is 10.2 Å². The van der Waals surface area contributed by atoms with Gasteiger partial charge in [0.1, 0.15) is 0 Å². The number of nitrogens with zero attached hydrogens (tertiary/aromatic N) is 2. The van der Waals surface area contributed by atoms with Crippen LogP contribution in [0.3, 0.4) is 0 Å². The SMILES string of the molecule is CNCCC1CN(c2ccc(C)c(Br)c2)C(=O)N1C. The van der Waals surface area contributed by atoms with Gasteiger partial charge in [0.15, 0.2) is 0 Å². The van der Waals surface area contributed by atoms with E-state index in [1.165, 1.54) is 5.56 Å². The molecule has 1 unspecified atom stereocenters. The van der Waals surface area contributed by atoms with Gasteiger partial charge in [-0.3, -0.25) is 4.90 Å². The summed E-state index contributed by atoms with van der Waals surface area (Å²) in [5.74, 6) is 0. The lowest BCUT2D eigenvalue weighted by Gasteiger charge is -2.17. The van der Waals surface area contributed by atoms with Crippen LogP contribution in [0, 0.1) is 6.92 Å². The van der Waals surface area contributed by atoms with Gasteiger partial charge in [0.25, 0.3) is 0 Å². The molecule has 5 heteroatoms. The molecule has 1 atom stereocenters. The third-order valence-corrected chi connectivity index (χ3v) is 4.52. The normalized spacial score (nSPS) is 19.4. The second-order valence-electron chi connectivity index (χ2n) is 4.98. The molecule has 104 valence electrons. The lowest BCUT2D eigenvalue weighted by molar-refractivity contribution is 0.217. The van der Waals surface area contributed by atoms with Gasteiger partial charge in [0, 0.05) is 23.8 Å². The summed E-state index contributed by atoms with van der Waals surface area (Å²) in [6.07, 6.45) is 0.974. The van der Waals surface area contributed by atoms with Crippen LogP contribution in [-0.4, -0.2) is 44.2 Å². The Bertz CT molecular complexity index is 478. The van der Waals surface area contributed by atoms with Crippen LogP contribution in [0.2, 0.25) is 0 Å². The van der Waals surface area contributed by atoms with Crippen LogP contribution in [0.15, 0.2) is 22.7 Å². The number of benzene rings is 1. The molecule has 19 heavy (non-hydrogen) atoms. The van der Waals surface area contributed by atoms with E-state index < -0.39 is 0 Å². The van der Waals surface area contributed by atoms with Gasteiger partial charge in [0.05, 0.1) is 6.04 Å². The third-order valence-electron chi connectivity index (χ3n) is 3.67. The molecule has 0 radical (unpaired) electrons. The van der Waals surface area contributed by atoms with Crippen molar-refractivity contribution in [3.8, 4) is 0 Å². The number of halogens is 1. The van der Waals surface area contributed by atoms with Crippen molar-refractivity contribution < 1.29 is 4.79 Å². The zero-order valence-electron chi connectivity index (χ0n) is 11.6. The van der Waals surface area contributed by atoms with Crippen LogP contribution >= 0.6 is 15.9 Å². The largest absolute Gasteiger partial charge is 0.324 e. The Hall–Kier alpha value is -1.07. The quantitative estimate of drug-likeness (QED) is 0.923. The minimum Gasteiger partial charge on any atom is -0.323 e. The molecule has 0 spiro atoms. The molecule has 1 aliphatic heterocycles. The first kappa shape index (κ1) is 14.3. The van der Waals surface area contributed by atoms with E-state index in [0.29, 0.717) is 0 Å². The van der Waals surface area contributed by atoms with E-state index in [9.17, 15) is 4.79 Å². The molecule has 2 rings (SSSR count). The van der Waals surface area contributed by atoms with Crippen molar-refractivity contribution in [3.05, 3.63) is 28.2 Å². The lowest BCUT2D eigenvalue weighted by atomic mass is 10.2. The number of rotatable bonds is 4. The van der Waals surface area contributed by atoms with E-state index in [2.05, 4.69) is 21.2 Å². The number of nitrogens with one attached hydrogen (secondary N) is 1. The van der Waals surface area contributed by atoms with Crippen LogP contribution in [-0.2, 0) is 0 Å². The number of urea groups is 1. The minimum absolute atomic E-state index is 0.0804. The number of hydrogen-bond donors (Lipinski definition) is 1. The van der Waals surface area contributed by atoms with E-state index in [1.807, 2.05) is 49.0 Å². The Morgan fingerprint density at radius 3 is 2.84 bits per heavy atom. The molecule has 1 aliphatic rings. The Morgan fingerprint density at radius 2 is 2.21 bits per heavy atom. The standard InChI is InChI=1S/C14H20BrN3O/c1-10-4-5-11(8-13(10)15)18-9-12(6-7-16-2)17(3)14(18)19/h4-5,8,12,16H,6-7,9H2,1-3H3. The third kappa shape index (κ3) is 2.92. The summed E-state index contributed by atoms with van der Waals surface area (Å²) < 4.78 is 1.04. The number of aryl methyl sites for hydroxylation is 1. The summed E-state index contributed by atoms with van der Waals surface area (Å²) >= 11 is 3.52. The van der Waals surface area contributed by atoms with E-state index in [1.54, 1.807) is 0 Å². The van der Waals surface area contributed by atoms with E-state index in [0.717, 1.165) is 29.7 Å². The second kappa shape index (κ2) is 5.92. The summed E-state index contributed by atoms with van der Waals surface area (Å²) in [6.45, 7) is 3.72. The predicted octanol–water partition coefficient (Wildman–Crippen LogP) is 2.61. The smallest absolute Gasteiger partial charge is 0.323 e. The van der Waals surface area contributed by atoms with E-state index in [-0.39, 0.29) is 12.1 Å². The number of carbonyl (C=O) groups is 1. The molecular formula is C14H20BrN3O. The topological polar surface area (TPSA) is 35.6 Å². The van der Waals surface area contributed by atoms with Crippen molar-refractivity contribution in [3.63, 3.8) is 0 Å². The van der Waals surface area contributed by atoms with Crippen molar-refractivity contribution in [2.45, 2.75) is 19.4 Å². The molecule has 1 heterocycles. The van der Waals surface area contributed by atoms with Gasteiger partial charge < -0.3 is 10.2 Å². The van der Waals surface area contributed by atoms with Crippen molar-refractivity contribution in [1.29, 1.82) is 0 Å². The zero-order valence-corrected chi connectivity index (χ0v) is 13.2. The summed E-state index contributed by atoms with van der Waals surface area (Å²) in [5, 5.41) is 3.14. The molecule has 1 saturated heterocycles. The molecule has 0 saturated carbocycles. The fourth-order valence-electron chi connectivity index (χ4n) is 2.32. The van der Waals surface area contributed by atoms with E-state index >= 15 is 0 Å². The van der Waals surface area contributed by atoms with Crippen LogP contribution in [0.5, 0.6) is 0 Å². The molecule has 0 bridgehead atoms. The first-order chi connectivity index (χ1) is 9.04. The fourth-order valence-corrected chi connectivity index (χ4v) is 2.69. The molecule has 1 fully saturated rings. The van der Waals surface area contributed by atoms with E-state index in [4.69, 9.17) is 0 Å². The Balaban J connectivity index is 2.16. The number of likely N-dealkylation sites (N-methyl/N-ethyl adjacent to an activating group) is 1. The maximum absolute atomic E-state index is 12.3. The second-order valence-corrected chi connectivity index (χ2v) is 5.84. The fraction of sp³-hybridized carbons (Fsp3) is 0.500. The first-order valence-corrected chi connectivity index (χ1v) is 7.29. The van der Waals surface area contributed by atoms with Crippen molar-refractivity contribution in [2.24, 2.45) is 0 Å². The Labute approximate surface area is 122 Å². The molecule has 0 aromatic heterocycles. The van der Waals surface area contributed by atoms with Crippen molar-refractivity contribution in [2.75, 3.05) is 32.1 Å². The summed E-state index contributed by atoms with van der Waals surface area (Å²) in [7, 11) is 3.82. The van der Waals surface area contributed by atoms with Gasteiger partial charge in [-0.1, -0.05) is 22.0 Å². The molecule has 1 aromatic rings. The first-order valence-electron chi connectivity index (χ1n) is 6.49. The molecule has 2 amide bonds. The minimum atomic E-state index is 0.0804. The maximum Gasteiger partial charge on any atom is 0.324 e. The van der Waals surface area contributed by atoms with Crippen LogP contribution in [0.4, 0.5) is 10.5 Å². The number of anilines is 1. The number of amides is 2. The van der Waals surface area contributed by atoms with Crippen molar-refractivity contribution >= 4 is 27.6 Å². The lowest BCUT2D eigenvalue weighted by Crippen LogP contribution is -2.32. The highest BCUT2D eigenvalue weighted by molar-refractivity contribution is 9.10. The Kier molecular flexibility index (Phi) is 4.47. The summed E-state index contributed by atoms with van der Waals surface area (Å²) in [4.78, 5) is 16.0. The number of hydrogen-bond acceptors (Lipinski definition) is 2. The average molecular weight is 326 g/mol. The molecule has 1 aromatic carbocycles. The highest BCUT2D eigenvalue weighted by Crippen LogP contribution is 2.28. The number of carbonyl (C=O) groups excluding carboxylic acids is 1. The molecular weight excluding hydrogens is 306 g/mol. The Morgan fingerprint density at radius 1 is 1.47 bits per heavy atom. The van der Waals surface area contributed by atoms with Crippen LogP contribution in [0.1, 0.15) is 12.0 Å².